The van der Waals surface area contributed by atoms with Crippen LogP contribution in [0.15, 0.2) is 41.7 Å². The number of benzene rings is 2. The number of nitrogens with two attached hydrogens (primary N) is 1. The second-order valence-corrected chi connectivity index (χ2v) is 9.38. The van der Waals surface area contributed by atoms with Crippen LogP contribution in [0.5, 0.6) is 23.0 Å². The molecule has 2 aromatic carbocycles. The normalized spacial score (nSPS) is 13.5. The van der Waals surface area contributed by atoms with Gasteiger partial charge in [0.2, 0.25) is 0 Å². The molecule has 0 aliphatic carbocycles. The molecule has 5 N–H and O–H groups in total. The lowest BCUT2D eigenvalue weighted by atomic mass is 9.95. The Labute approximate surface area is 244 Å². The molecule has 1 aliphatic rings. The van der Waals surface area contributed by atoms with E-state index in [1.165, 1.54) is 28.4 Å². The predicted octanol–water partition coefficient (Wildman–Crippen LogP) is 2.21. The number of imide groups is 1. The number of guanidine groups is 1. The predicted molar refractivity (Wildman–Crippen MR) is 158 cm³/mol. The van der Waals surface area contributed by atoms with Crippen LogP contribution in [0.2, 0.25) is 0 Å². The van der Waals surface area contributed by atoms with Gasteiger partial charge >= 0.3 is 0 Å². The smallest absolute Gasteiger partial charge is 0.259 e. The molecule has 0 spiro atoms. The van der Waals surface area contributed by atoms with Gasteiger partial charge in [-0.25, -0.2) is 15.1 Å². The number of aliphatic imine (C=N–C) groups is 1. The first-order valence-electron chi connectivity index (χ1n) is 13.0. The van der Waals surface area contributed by atoms with Gasteiger partial charge in [-0.05, 0) is 30.7 Å². The molecule has 2 aromatic heterocycles. The number of nitro groups is 1. The van der Waals surface area contributed by atoms with E-state index in [4.69, 9.17) is 24.7 Å². The van der Waals surface area contributed by atoms with Gasteiger partial charge in [-0.15, -0.1) is 0 Å². The minimum atomic E-state index is -0.789. The molecule has 0 saturated heterocycles. The number of carbonyl (C=O) groups excluding carboxylic acids is 2. The Bertz CT molecular complexity index is 1840. The highest BCUT2D eigenvalue weighted by atomic mass is 16.7. The van der Waals surface area contributed by atoms with E-state index in [0.717, 1.165) is 0 Å². The molecule has 0 saturated carbocycles. The maximum Gasteiger partial charge on any atom is 0.259 e. The van der Waals surface area contributed by atoms with Crippen LogP contribution >= 0.6 is 0 Å². The van der Waals surface area contributed by atoms with Gasteiger partial charge in [0.05, 0.1) is 61.4 Å². The summed E-state index contributed by atoms with van der Waals surface area (Å²) >= 11 is 0. The molecule has 1 aliphatic heterocycles. The molecular weight excluding hydrogens is 562 g/mol. The SMILES string of the molecule is COc1ccc2[nH]cc(C3=C(c4cn(CCCN=C(N)N[N+](=O)[O-])c5ccc(OC)c(OC)c45)C(=O)NC3=O)c2c1OC. The highest BCUT2D eigenvalue weighted by molar-refractivity contribution is 6.51. The molecule has 2 amide bonds. The standard InChI is InChI=1S/C28H29N7O8/c1-40-18-8-6-16-20(24(18)42-3)14(12-31-16)22-23(27(37)32-26(22)36)15-13-34(11-5-10-30-28(29)33-35(38)39)17-7-9-19(41-2)25(43-4)21(15)17/h6-9,12-13,31H,5,10-11H2,1-4H3,(H3,29,30,33)(H,32,36,37). The summed E-state index contributed by atoms with van der Waals surface area (Å²) in [5.74, 6) is 0.216. The fourth-order valence-electron chi connectivity index (χ4n) is 5.35. The average molecular weight is 592 g/mol. The van der Waals surface area contributed by atoms with E-state index < -0.39 is 16.8 Å². The van der Waals surface area contributed by atoms with Crippen LogP contribution in [0.4, 0.5) is 0 Å². The molecular formula is C28H29N7O8. The molecule has 224 valence electrons. The Morgan fingerprint density at radius 3 is 2.21 bits per heavy atom. The Balaban J connectivity index is 1.71. The third-order valence-corrected chi connectivity index (χ3v) is 7.09. The van der Waals surface area contributed by atoms with Crippen LogP contribution in [0, 0.1) is 10.1 Å². The molecule has 0 radical (unpaired) electrons. The quantitative estimate of drug-likeness (QED) is 0.0501. The topological polar surface area (TPSA) is 197 Å². The first-order chi connectivity index (χ1) is 20.7. The van der Waals surface area contributed by atoms with E-state index in [2.05, 4.69) is 15.3 Å². The minimum Gasteiger partial charge on any atom is -0.493 e. The summed E-state index contributed by atoms with van der Waals surface area (Å²) in [5.41, 5.74) is 9.90. The molecule has 15 heteroatoms. The maximum atomic E-state index is 13.5. The monoisotopic (exact) mass is 591 g/mol. The summed E-state index contributed by atoms with van der Waals surface area (Å²) in [4.78, 5) is 44.6. The Kier molecular flexibility index (Phi) is 7.79. The summed E-state index contributed by atoms with van der Waals surface area (Å²) in [6.45, 7) is 0.594. The number of rotatable bonds is 11. The van der Waals surface area contributed by atoms with Gasteiger partial charge in [-0.2, -0.15) is 0 Å². The summed E-state index contributed by atoms with van der Waals surface area (Å²) in [6.07, 6.45) is 3.86. The number of hydrogen-bond acceptors (Lipinski definition) is 9. The summed E-state index contributed by atoms with van der Waals surface area (Å²) in [5, 5.41) is 13.4. The fourth-order valence-corrected chi connectivity index (χ4v) is 5.35. The van der Waals surface area contributed by atoms with Crippen LogP contribution < -0.4 is 35.4 Å². The molecule has 5 rings (SSSR count). The lowest BCUT2D eigenvalue weighted by Crippen LogP contribution is -2.36. The molecule has 4 aromatic rings. The van der Waals surface area contributed by atoms with Gasteiger partial charge in [0.15, 0.2) is 28.0 Å². The van der Waals surface area contributed by atoms with Crippen molar-refractivity contribution >= 4 is 50.7 Å². The highest BCUT2D eigenvalue weighted by Crippen LogP contribution is 2.46. The first kappa shape index (κ1) is 28.8. The third-order valence-electron chi connectivity index (χ3n) is 7.09. The molecule has 0 atom stereocenters. The van der Waals surface area contributed by atoms with E-state index in [1.54, 1.807) is 36.0 Å². The van der Waals surface area contributed by atoms with Crippen molar-refractivity contribution in [3.05, 3.63) is 57.9 Å². The molecule has 3 heterocycles. The number of aromatic nitrogens is 2. The zero-order valence-corrected chi connectivity index (χ0v) is 23.8. The fraction of sp³-hybridized carbons (Fsp3) is 0.250. The number of amides is 2. The number of carbonyl (C=O) groups is 2. The Morgan fingerprint density at radius 2 is 1.58 bits per heavy atom. The Morgan fingerprint density at radius 1 is 0.953 bits per heavy atom. The number of H-pyrrole nitrogens is 1. The zero-order valence-electron chi connectivity index (χ0n) is 23.8. The van der Waals surface area contributed by atoms with Gasteiger partial charge in [0.1, 0.15) is 0 Å². The van der Waals surface area contributed by atoms with Crippen molar-refractivity contribution in [3.8, 4) is 23.0 Å². The van der Waals surface area contributed by atoms with Gasteiger partial charge in [-0.3, -0.25) is 14.9 Å². The van der Waals surface area contributed by atoms with Crippen molar-refractivity contribution in [2.45, 2.75) is 13.0 Å². The number of aromatic amines is 1. The van der Waals surface area contributed by atoms with Gasteiger partial charge in [0, 0.05) is 36.6 Å². The summed E-state index contributed by atoms with van der Waals surface area (Å²) in [6, 6.07) is 7.10. The average Bonchev–Trinajstić information content (AvgIpc) is 3.65. The largest absolute Gasteiger partial charge is 0.493 e. The summed E-state index contributed by atoms with van der Waals surface area (Å²) < 4.78 is 24.3. The number of nitrogens with one attached hydrogen (secondary N) is 3. The number of aryl methyl sites for hydroxylation is 1. The maximum absolute atomic E-state index is 13.5. The molecule has 43 heavy (non-hydrogen) atoms. The van der Waals surface area contributed by atoms with Crippen molar-refractivity contribution in [2.75, 3.05) is 35.0 Å². The second kappa shape index (κ2) is 11.6. The number of hydrazine groups is 1. The van der Waals surface area contributed by atoms with Crippen LogP contribution in [0.1, 0.15) is 17.5 Å². The molecule has 0 fully saturated rings. The van der Waals surface area contributed by atoms with Crippen molar-refractivity contribution in [2.24, 2.45) is 10.7 Å². The number of ether oxygens (including phenoxy) is 4. The van der Waals surface area contributed by atoms with Crippen molar-refractivity contribution in [3.63, 3.8) is 0 Å². The van der Waals surface area contributed by atoms with Crippen molar-refractivity contribution < 1.29 is 33.6 Å². The van der Waals surface area contributed by atoms with Crippen LogP contribution in [-0.4, -0.2) is 67.3 Å². The van der Waals surface area contributed by atoms with Gasteiger partial charge < -0.3 is 34.2 Å². The van der Waals surface area contributed by atoms with E-state index in [1.807, 2.05) is 10.6 Å². The molecule has 0 unspecified atom stereocenters. The lowest BCUT2D eigenvalue weighted by molar-refractivity contribution is -0.525. The van der Waals surface area contributed by atoms with Crippen molar-refractivity contribution in [1.82, 2.24) is 20.3 Å². The lowest BCUT2D eigenvalue weighted by Gasteiger charge is -2.12. The van der Waals surface area contributed by atoms with Crippen molar-refractivity contribution in [1.29, 1.82) is 0 Å². The van der Waals surface area contributed by atoms with Crippen LogP contribution in [0.3, 0.4) is 0 Å². The van der Waals surface area contributed by atoms with E-state index >= 15 is 0 Å². The number of fused-ring (bicyclic) bond motifs is 2. The number of methoxy groups -OCH3 is 4. The first-order valence-corrected chi connectivity index (χ1v) is 13.0. The van der Waals surface area contributed by atoms with Crippen LogP contribution in [-0.2, 0) is 16.1 Å². The third kappa shape index (κ3) is 5.00. The van der Waals surface area contributed by atoms with E-state index in [9.17, 15) is 19.7 Å². The van der Waals surface area contributed by atoms with Gasteiger partial charge in [-0.1, -0.05) is 5.43 Å². The minimum absolute atomic E-state index is 0.142. The number of nitrogens with zero attached hydrogens (tertiary/aromatic N) is 3. The molecule has 15 nitrogen and oxygen atoms in total. The van der Waals surface area contributed by atoms with E-state index in [0.29, 0.717) is 68.9 Å². The van der Waals surface area contributed by atoms with Crippen LogP contribution in [0.25, 0.3) is 33.0 Å². The number of hydrogen-bond donors (Lipinski definition) is 4. The highest BCUT2D eigenvalue weighted by Gasteiger charge is 2.37. The molecule has 0 bridgehead atoms. The second-order valence-electron chi connectivity index (χ2n) is 9.38. The zero-order chi connectivity index (χ0) is 30.8. The summed E-state index contributed by atoms with van der Waals surface area (Å²) in [7, 11) is 6.01. The Hall–Kier alpha value is -5.73. The van der Waals surface area contributed by atoms with E-state index in [-0.39, 0.29) is 23.7 Å². The van der Waals surface area contributed by atoms with Gasteiger partial charge in [0.25, 0.3) is 17.8 Å².